The quantitative estimate of drug-likeness (QED) is 0.234. The number of hydrogen-bond donors (Lipinski definition) is 2. The number of aliphatic hydroxyl groups excluding tert-OH is 1. The van der Waals surface area contributed by atoms with Crippen LogP contribution >= 0.6 is 7.26 Å². The Balaban J connectivity index is 1.41. The van der Waals surface area contributed by atoms with Crippen molar-refractivity contribution in [2.24, 2.45) is 11.3 Å². The number of benzene rings is 3. The zero-order chi connectivity index (χ0) is 28.0. The van der Waals surface area contributed by atoms with Crippen molar-refractivity contribution < 1.29 is 14.6 Å². The van der Waals surface area contributed by atoms with Gasteiger partial charge in [-0.1, -0.05) is 0 Å². The Morgan fingerprint density at radius 2 is 1.48 bits per heavy atom. The first kappa shape index (κ1) is 27.0. The van der Waals surface area contributed by atoms with Gasteiger partial charge in [-0.15, -0.1) is 0 Å². The molecule has 2 N–H and O–H groups in total. The number of allylic oxidation sites excluding steroid dienone is 1. The average molecular weight is 554 g/mol. The van der Waals surface area contributed by atoms with E-state index < -0.39 is 29.9 Å². The van der Waals surface area contributed by atoms with Gasteiger partial charge < -0.3 is 0 Å². The fraction of sp³-hybridized carbons (Fsp3) is 0.343. The maximum atomic E-state index is 13.3. The SMILES string of the molecule is C=C1N[C@@]2([C@@H](O)[C@]3(C)C=CCCC3)C(=O)O[C@@]2(C)[C@H]1CC[PH](c1ccccc1)(c1ccccc1)c1ccccc1. The van der Waals surface area contributed by atoms with Crippen LogP contribution in [0.2, 0.25) is 0 Å². The first-order valence-corrected chi connectivity index (χ1v) is 16.7. The summed E-state index contributed by atoms with van der Waals surface area (Å²) in [5.41, 5.74) is -1.79. The molecule has 0 amide bonds. The zero-order valence-electron chi connectivity index (χ0n) is 23.5. The van der Waals surface area contributed by atoms with Gasteiger partial charge in [0, 0.05) is 0 Å². The number of ether oxygens (including phenoxy) is 1. The molecular weight excluding hydrogens is 513 g/mol. The van der Waals surface area contributed by atoms with Gasteiger partial charge in [0.2, 0.25) is 0 Å². The van der Waals surface area contributed by atoms with Crippen LogP contribution in [-0.4, -0.2) is 34.5 Å². The van der Waals surface area contributed by atoms with E-state index in [-0.39, 0.29) is 11.9 Å². The third-order valence-corrected chi connectivity index (χ3v) is 15.1. The molecule has 3 aromatic carbocycles. The molecule has 0 aromatic heterocycles. The molecule has 0 saturated carbocycles. The van der Waals surface area contributed by atoms with Gasteiger partial charge in [-0.25, -0.2) is 0 Å². The zero-order valence-corrected chi connectivity index (χ0v) is 24.5. The van der Waals surface area contributed by atoms with Crippen molar-refractivity contribution in [1.82, 2.24) is 5.32 Å². The van der Waals surface area contributed by atoms with E-state index in [1.807, 2.05) is 6.92 Å². The second-order valence-corrected chi connectivity index (χ2v) is 16.3. The molecule has 2 aliphatic heterocycles. The van der Waals surface area contributed by atoms with E-state index in [0.29, 0.717) is 0 Å². The van der Waals surface area contributed by atoms with Crippen LogP contribution in [0.1, 0.15) is 39.5 Å². The molecule has 5 atom stereocenters. The minimum atomic E-state index is -2.48. The van der Waals surface area contributed by atoms with E-state index in [4.69, 9.17) is 4.74 Å². The molecule has 1 aliphatic carbocycles. The molecule has 2 saturated heterocycles. The number of carbonyl (C=O) groups is 1. The molecule has 40 heavy (non-hydrogen) atoms. The van der Waals surface area contributed by atoms with Gasteiger partial charge in [0.25, 0.3) is 0 Å². The first-order valence-electron chi connectivity index (χ1n) is 14.5. The molecule has 5 heteroatoms. The normalized spacial score (nSPS) is 30.5. The van der Waals surface area contributed by atoms with Crippen LogP contribution in [-0.2, 0) is 9.53 Å². The van der Waals surface area contributed by atoms with Crippen molar-refractivity contribution >= 4 is 29.1 Å². The third-order valence-electron chi connectivity index (χ3n) is 10.1. The number of nitrogens with one attached hydrogen (secondary N) is 1. The number of carbonyl (C=O) groups excluding carboxylic acids is 1. The number of fused-ring (bicyclic) bond motifs is 1. The standard InChI is InChI=1S/C35H40NO3P/c1-26-30(34(3)35(36-26,32(38)39-34)31(37)33(2)23-14-7-15-24-33)22-25-40(27-16-8-4-9-17-27,28-18-10-5-11-19-28)29-20-12-6-13-21-29/h4-6,8-14,16-21,23,30-31,36-37,40H,1,7,15,22,24-25H2,2-3H3/t30-,31-,33+,34-,35-/m0/s1. The van der Waals surface area contributed by atoms with Gasteiger partial charge in [0.05, 0.1) is 0 Å². The van der Waals surface area contributed by atoms with Crippen molar-refractivity contribution in [3.63, 3.8) is 0 Å². The third kappa shape index (κ3) is 3.84. The van der Waals surface area contributed by atoms with Crippen molar-refractivity contribution in [2.45, 2.75) is 56.8 Å². The molecule has 0 spiro atoms. The van der Waals surface area contributed by atoms with Gasteiger partial charge in [-0.05, 0) is 0 Å². The second kappa shape index (κ2) is 10.0. The molecular formula is C35H40NO3P. The van der Waals surface area contributed by atoms with Crippen LogP contribution in [0.25, 0.3) is 0 Å². The van der Waals surface area contributed by atoms with Crippen LogP contribution in [0.15, 0.2) is 115 Å². The fourth-order valence-electron chi connectivity index (χ4n) is 7.83. The summed E-state index contributed by atoms with van der Waals surface area (Å²) >= 11 is 0. The van der Waals surface area contributed by atoms with Gasteiger partial charge in [-0.3, -0.25) is 0 Å². The van der Waals surface area contributed by atoms with E-state index in [2.05, 4.69) is 122 Å². The maximum absolute atomic E-state index is 13.3. The number of aliphatic hydroxyl groups is 1. The summed E-state index contributed by atoms with van der Waals surface area (Å²) in [6, 6.07) is 32.6. The summed E-state index contributed by atoms with van der Waals surface area (Å²) in [6.07, 6.45) is 7.84. The Morgan fingerprint density at radius 3 is 1.93 bits per heavy atom. The molecule has 2 fully saturated rings. The predicted octanol–water partition coefficient (Wildman–Crippen LogP) is 5.00. The van der Waals surface area contributed by atoms with Gasteiger partial charge in [0.1, 0.15) is 0 Å². The van der Waals surface area contributed by atoms with E-state index in [9.17, 15) is 9.90 Å². The van der Waals surface area contributed by atoms with Crippen molar-refractivity contribution in [1.29, 1.82) is 0 Å². The molecule has 3 aromatic rings. The van der Waals surface area contributed by atoms with Gasteiger partial charge in [0.15, 0.2) is 0 Å². The first-order chi connectivity index (χ1) is 19.3. The average Bonchev–Trinajstić information content (AvgIpc) is 3.16. The number of rotatable bonds is 8. The predicted molar refractivity (Wildman–Crippen MR) is 166 cm³/mol. The molecule has 0 unspecified atom stereocenters. The van der Waals surface area contributed by atoms with Crippen LogP contribution in [0.3, 0.4) is 0 Å². The molecule has 208 valence electrons. The van der Waals surface area contributed by atoms with E-state index >= 15 is 0 Å². The second-order valence-electron chi connectivity index (χ2n) is 12.3. The summed E-state index contributed by atoms with van der Waals surface area (Å²) in [5, 5.41) is 19.4. The van der Waals surface area contributed by atoms with Crippen molar-refractivity contribution in [3.8, 4) is 0 Å². The summed E-state index contributed by atoms with van der Waals surface area (Å²) in [7, 11) is -2.48. The van der Waals surface area contributed by atoms with E-state index in [0.717, 1.165) is 37.5 Å². The Labute approximate surface area is 238 Å². The Kier molecular flexibility index (Phi) is 6.76. The van der Waals surface area contributed by atoms with Crippen LogP contribution in [0.4, 0.5) is 0 Å². The molecule has 0 bridgehead atoms. The van der Waals surface area contributed by atoms with Crippen molar-refractivity contribution in [3.05, 3.63) is 115 Å². The topological polar surface area (TPSA) is 58.6 Å². The Bertz CT molecular complexity index is 1330. The Hall–Kier alpha value is -3.20. The van der Waals surface area contributed by atoms with Crippen LogP contribution in [0.5, 0.6) is 0 Å². The Morgan fingerprint density at radius 1 is 0.950 bits per heavy atom. The molecule has 3 aliphatic rings. The molecule has 4 nitrogen and oxygen atoms in total. The number of hydrogen-bond acceptors (Lipinski definition) is 4. The fourth-order valence-corrected chi connectivity index (χ4v) is 12.7. The van der Waals surface area contributed by atoms with E-state index in [1.54, 1.807) is 0 Å². The molecule has 0 radical (unpaired) electrons. The van der Waals surface area contributed by atoms with E-state index in [1.165, 1.54) is 15.9 Å². The summed E-state index contributed by atoms with van der Waals surface area (Å²) in [4.78, 5) is 13.3. The van der Waals surface area contributed by atoms with Crippen molar-refractivity contribution in [2.75, 3.05) is 6.16 Å². The minimum absolute atomic E-state index is 0.126. The van der Waals surface area contributed by atoms with Crippen LogP contribution < -0.4 is 21.2 Å². The number of esters is 1. The summed E-state index contributed by atoms with van der Waals surface area (Å²) < 4.78 is 6.05. The summed E-state index contributed by atoms with van der Waals surface area (Å²) in [5.74, 6) is -0.497. The summed E-state index contributed by atoms with van der Waals surface area (Å²) in [6.45, 7) is 8.47. The monoisotopic (exact) mass is 553 g/mol. The van der Waals surface area contributed by atoms with Crippen LogP contribution in [0, 0.1) is 11.3 Å². The van der Waals surface area contributed by atoms with Gasteiger partial charge in [-0.2, -0.15) is 0 Å². The molecule has 2 heterocycles. The van der Waals surface area contributed by atoms with Gasteiger partial charge >= 0.3 is 239 Å². The molecule has 6 rings (SSSR count).